The molecule has 1 aliphatic rings. The van der Waals surface area contributed by atoms with Crippen molar-refractivity contribution in [2.24, 2.45) is 11.7 Å². The number of hydrogen-bond acceptors (Lipinski definition) is 3. The average molecular weight is 236 g/mol. The zero-order valence-electron chi connectivity index (χ0n) is 10.0. The fraction of sp³-hybridized carbons (Fsp3) is 0.538. The lowest BCUT2D eigenvalue weighted by Crippen LogP contribution is -2.46. The van der Waals surface area contributed by atoms with Gasteiger partial charge in [0.05, 0.1) is 5.69 Å². The van der Waals surface area contributed by atoms with Crippen molar-refractivity contribution in [1.82, 2.24) is 0 Å². The van der Waals surface area contributed by atoms with Gasteiger partial charge in [-0.25, -0.2) is 0 Å². The van der Waals surface area contributed by atoms with E-state index in [2.05, 4.69) is 42.3 Å². The Bertz CT molecular complexity index is 354. The largest absolute Gasteiger partial charge is 0.370 e. The molecule has 1 fully saturated rings. The van der Waals surface area contributed by atoms with E-state index in [0.717, 1.165) is 19.5 Å². The van der Waals surface area contributed by atoms with Crippen molar-refractivity contribution in [3.63, 3.8) is 0 Å². The molecule has 1 aliphatic heterocycles. The van der Waals surface area contributed by atoms with Gasteiger partial charge < -0.3 is 10.6 Å². The highest BCUT2D eigenvalue weighted by Gasteiger charge is 2.24. The van der Waals surface area contributed by atoms with Gasteiger partial charge in [0, 0.05) is 24.0 Å². The maximum absolute atomic E-state index is 6.06. The topological polar surface area (TPSA) is 29.3 Å². The third-order valence-electron chi connectivity index (χ3n) is 3.40. The number of benzene rings is 1. The maximum Gasteiger partial charge on any atom is 0.0504 e. The van der Waals surface area contributed by atoms with Crippen LogP contribution in [0, 0.1) is 5.92 Å². The number of hydrogen-bond donors (Lipinski definition) is 1. The highest BCUT2D eigenvalue weighted by Crippen LogP contribution is 2.31. The van der Waals surface area contributed by atoms with Gasteiger partial charge in [0.25, 0.3) is 0 Å². The normalized spacial score (nSPS) is 25.8. The van der Waals surface area contributed by atoms with Crippen molar-refractivity contribution in [1.29, 1.82) is 0 Å². The molecule has 2 nitrogen and oxygen atoms in total. The van der Waals surface area contributed by atoms with Gasteiger partial charge in [-0.3, -0.25) is 0 Å². The van der Waals surface area contributed by atoms with E-state index in [-0.39, 0.29) is 0 Å². The Balaban J connectivity index is 2.18. The van der Waals surface area contributed by atoms with Gasteiger partial charge in [0.2, 0.25) is 0 Å². The number of nitrogens with two attached hydrogens (primary N) is 1. The van der Waals surface area contributed by atoms with Gasteiger partial charge in [-0.15, -0.1) is 11.8 Å². The summed E-state index contributed by atoms with van der Waals surface area (Å²) in [5.41, 5.74) is 7.43. The van der Waals surface area contributed by atoms with Crippen LogP contribution in [0.15, 0.2) is 29.2 Å². The van der Waals surface area contributed by atoms with E-state index in [1.165, 1.54) is 10.6 Å². The quantitative estimate of drug-likeness (QED) is 0.800. The number of thioether (sulfide) groups is 1. The number of nitrogens with zero attached hydrogens (tertiary/aromatic N) is 1. The zero-order chi connectivity index (χ0) is 11.5. The molecule has 0 amide bonds. The molecule has 1 aromatic rings. The molecule has 2 N–H and O–H groups in total. The molecule has 2 atom stereocenters. The summed E-state index contributed by atoms with van der Waals surface area (Å²) in [6, 6.07) is 9.01. The molecule has 0 aromatic heterocycles. The monoisotopic (exact) mass is 236 g/mol. The molecule has 0 aliphatic carbocycles. The van der Waals surface area contributed by atoms with Gasteiger partial charge in [-0.1, -0.05) is 19.1 Å². The first-order valence-corrected chi connectivity index (χ1v) is 7.08. The lowest BCUT2D eigenvalue weighted by atomic mass is 9.94. The van der Waals surface area contributed by atoms with E-state index < -0.39 is 0 Å². The van der Waals surface area contributed by atoms with E-state index in [0.29, 0.717) is 12.0 Å². The van der Waals surface area contributed by atoms with Crippen LogP contribution in [0.25, 0.3) is 0 Å². The van der Waals surface area contributed by atoms with Crippen molar-refractivity contribution in [2.45, 2.75) is 24.3 Å². The molecule has 0 radical (unpaired) electrons. The van der Waals surface area contributed by atoms with Crippen LogP contribution in [0.2, 0.25) is 0 Å². The fourth-order valence-electron chi connectivity index (χ4n) is 2.27. The Morgan fingerprint density at radius 2 is 2.12 bits per heavy atom. The van der Waals surface area contributed by atoms with E-state index >= 15 is 0 Å². The van der Waals surface area contributed by atoms with Crippen LogP contribution in [-0.2, 0) is 0 Å². The summed E-state index contributed by atoms with van der Waals surface area (Å²) in [7, 11) is 0. The molecule has 1 aromatic carbocycles. The van der Waals surface area contributed by atoms with Crippen LogP contribution in [-0.4, -0.2) is 25.4 Å². The molecule has 88 valence electrons. The predicted molar refractivity (Wildman–Crippen MR) is 72.2 cm³/mol. The fourth-order valence-corrected chi connectivity index (χ4v) is 2.89. The van der Waals surface area contributed by atoms with E-state index in [1.807, 2.05) is 11.8 Å². The van der Waals surface area contributed by atoms with Crippen molar-refractivity contribution in [2.75, 3.05) is 24.2 Å². The predicted octanol–water partition coefficient (Wildman–Crippen LogP) is 2.58. The molecule has 0 saturated carbocycles. The molecule has 3 heteroatoms. The van der Waals surface area contributed by atoms with Crippen molar-refractivity contribution in [3.05, 3.63) is 24.3 Å². The number of piperidine rings is 1. The van der Waals surface area contributed by atoms with Crippen molar-refractivity contribution in [3.8, 4) is 0 Å². The number of para-hydroxylation sites is 1. The highest BCUT2D eigenvalue weighted by molar-refractivity contribution is 7.98. The Morgan fingerprint density at radius 3 is 2.81 bits per heavy atom. The highest BCUT2D eigenvalue weighted by atomic mass is 32.2. The Labute approximate surface area is 102 Å². The minimum atomic E-state index is 0.373. The molecule has 0 bridgehead atoms. The van der Waals surface area contributed by atoms with Crippen LogP contribution in [0.1, 0.15) is 13.3 Å². The van der Waals surface area contributed by atoms with Gasteiger partial charge in [0.15, 0.2) is 0 Å². The van der Waals surface area contributed by atoms with Crippen LogP contribution in [0.4, 0.5) is 5.69 Å². The number of anilines is 1. The second kappa shape index (κ2) is 5.11. The van der Waals surface area contributed by atoms with Crippen molar-refractivity contribution >= 4 is 17.4 Å². The molecule has 0 spiro atoms. The first-order chi connectivity index (χ1) is 7.72. The Morgan fingerprint density at radius 1 is 1.38 bits per heavy atom. The maximum atomic E-state index is 6.06. The molecule has 2 unspecified atom stereocenters. The molecule has 1 heterocycles. The van der Waals surface area contributed by atoms with Gasteiger partial charge >= 0.3 is 0 Å². The minimum absolute atomic E-state index is 0.373. The summed E-state index contributed by atoms with van der Waals surface area (Å²) in [5.74, 6) is 0.587. The Kier molecular flexibility index (Phi) is 3.77. The third kappa shape index (κ3) is 2.36. The van der Waals surface area contributed by atoms with Crippen LogP contribution in [0.3, 0.4) is 0 Å². The summed E-state index contributed by atoms with van der Waals surface area (Å²) < 4.78 is 0. The third-order valence-corrected chi connectivity index (χ3v) is 4.18. The summed E-state index contributed by atoms with van der Waals surface area (Å²) in [6.07, 6.45) is 3.24. The molecule has 16 heavy (non-hydrogen) atoms. The van der Waals surface area contributed by atoms with Gasteiger partial charge in [-0.05, 0) is 30.7 Å². The second-order valence-electron chi connectivity index (χ2n) is 4.55. The summed E-state index contributed by atoms with van der Waals surface area (Å²) >= 11 is 1.82. The molecule has 1 saturated heterocycles. The lowest BCUT2D eigenvalue weighted by Gasteiger charge is -2.37. The van der Waals surface area contributed by atoms with Crippen LogP contribution >= 0.6 is 11.8 Å². The molecule has 2 rings (SSSR count). The zero-order valence-corrected chi connectivity index (χ0v) is 10.8. The van der Waals surface area contributed by atoms with E-state index in [4.69, 9.17) is 5.73 Å². The lowest BCUT2D eigenvalue weighted by molar-refractivity contribution is 0.382. The SMILES string of the molecule is CSc1ccccc1N1CCC(N)C(C)C1. The summed E-state index contributed by atoms with van der Waals surface area (Å²) in [5, 5.41) is 0. The smallest absolute Gasteiger partial charge is 0.0504 e. The second-order valence-corrected chi connectivity index (χ2v) is 5.40. The standard InChI is InChI=1S/C13H20N2S/c1-10-9-15(8-7-11(10)14)12-5-3-4-6-13(12)16-2/h3-6,10-11H,7-9,14H2,1-2H3. The summed E-state index contributed by atoms with van der Waals surface area (Å²) in [6.45, 7) is 4.42. The van der Waals surface area contributed by atoms with Crippen LogP contribution in [0.5, 0.6) is 0 Å². The van der Waals surface area contributed by atoms with E-state index in [9.17, 15) is 0 Å². The first kappa shape index (κ1) is 11.8. The first-order valence-electron chi connectivity index (χ1n) is 5.86. The van der Waals surface area contributed by atoms with E-state index in [1.54, 1.807) is 0 Å². The van der Waals surface area contributed by atoms with Crippen LogP contribution < -0.4 is 10.6 Å². The molecular weight excluding hydrogens is 216 g/mol. The minimum Gasteiger partial charge on any atom is -0.370 e. The summed E-state index contributed by atoms with van der Waals surface area (Å²) in [4.78, 5) is 3.84. The molecular formula is C13H20N2S. The number of rotatable bonds is 2. The van der Waals surface area contributed by atoms with Gasteiger partial charge in [-0.2, -0.15) is 0 Å². The average Bonchev–Trinajstić information content (AvgIpc) is 2.32. The van der Waals surface area contributed by atoms with Crippen molar-refractivity contribution < 1.29 is 0 Å². The Hall–Kier alpha value is -0.670. The van der Waals surface area contributed by atoms with Gasteiger partial charge in [0.1, 0.15) is 0 Å².